The van der Waals surface area contributed by atoms with Crippen LogP contribution in [0.25, 0.3) is 0 Å². The van der Waals surface area contributed by atoms with E-state index < -0.39 is 32.5 Å². The zero-order chi connectivity index (χ0) is 27.1. The third-order valence-electron chi connectivity index (χ3n) is 7.20. The minimum atomic E-state index is -2.19. The average Bonchev–Trinajstić information content (AvgIpc) is 2.87. The number of ketones is 1. The van der Waals surface area contributed by atoms with Crippen LogP contribution < -0.4 is 0 Å². The summed E-state index contributed by atoms with van der Waals surface area (Å²) in [6.07, 6.45) is 0.152. The predicted molar refractivity (Wildman–Crippen MR) is 145 cm³/mol. The van der Waals surface area contributed by atoms with Crippen LogP contribution in [-0.4, -0.2) is 56.4 Å². The van der Waals surface area contributed by atoms with E-state index in [1.807, 2.05) is 36.4 Å². The van der Waals surface area contributed by atoms with Crippen molar-refractivity contribution < 1.29 is 28.3 Å². The van der Waals surface area contributed by atoms with Gasteiger partial charge in [0.05, 0.1) is 18.2 Å². The number of ether oxygens (including phenoxy) is 2. The topological polar surface area (TPSA) is 82.1 Å². The predicted octanol–water partition coefficient (Wildman–Crippen LogP) is 5.99. The molecule has 1 fully saturated rings. The Labute approximate surface area is 221 Å². The standard InChI is InChI=1S/C29H39NO6Si/c1-29(2,3)37(4,5)36-25-18-19-30(28(33)35-21-22-13-8-6-9-14-22)24(26(25)31)17-12-20-34-27(32)23-15-10-7-11-16-23/h6-11,13-16,24-25H,12,17-21H2,1-5H3/t24-,25+/m0/s1. The average molecular weight is 526 g/mol. The van der Waals surface area contributed by atoms with E-state index in [0.717, 1.165) is 5.56 Å². The summed E-state index contributed by atoms with van der Waals surface area (Å²) in [5.74, 6) is -0.518. The van der Waals surface area contributed by atoms with Gasteiger partial charge in [-0.05, 0) is 55.1 Å². The highest BCUT2D eigenvalue weighted by Crippen LogP contribution is 2.38. The van der Waals surface area contributed by atoms with Crippen molar-refractivity contribution in [3.8, 4) is 0 Å². The molecule has 3 rings (SSSR count). The minimum Gasteiger partial charge on any atom is -0.462 e. The van der Waals surface area contributed by atoms with Gasteiger partial charge in [-0.25, -0.2) is 9.59 Å². The molecule has 0 spiro atoms. The maximum Gasteiger partial charge on any atom is 0.410 e. The molecule has 200 valence electrons. The molecule has 2 atom stereocenters. The molecule has 7 nitrogen and oxygen atoms in total. The molecular weight excluding hydrogens is 486 g/mol. The van der Waals surface area contributed by atoms with Crippen molar-refractivity contribution in [2.24, 2.45) is 0 Å². The highest BCUT2D eigenvalue weighted by atomic mass is 28.4. The first kappa shape index (κ1) is 28.6. The fraction of sp³-hybridized carbons (Fsp3) is 0.483. The molecule has 1 heterocycles. The molecule has 37 heavy (non-hydrogen) atoms. The van der Waals surface area contributed by atoms with Gasteiger partial charge >= 0.3 is 12.1 Å². The summed E-state index contributed by atoms with van der Waals surface area (Å²) in [7, 11) is -2.19. The van der Waals surface area contributed by atoms with E-state index in [1.54, 1.807) is 24.3 Å². The van der Waals surface area contributed by atoms with Crippen LogP contribution in [0.2, 0.25) is 18.1 Å². The third-order valence-corrected chi connectivity index (χ3v) is 11.7. The second-order valence-electron chi connectivity index (χ2n) is 11.0. The van der Waals surface area contributed by atoms with Gasteiger partial charge in [0, 0.05) is 6.54 Å². The van der Waals surface area contributed by atoms with Crippen LogP contribution in [0.5, 0.6) is 0 Å². The second kappa shape index (κ2) is 12.5. The monoisotopic (exact) mass is 525 g/mol. The summed E-state index contributed by atoms with van der Waals surface area (Å²) in [5, 5.41) is -0.0415. The highest BCUT2D eigenvalue weighted by Gasteiger charge is 2.45. The Balaban J connectivity index is 1.66. The zero-order valence-corrected chi connectivity index (χ0v) is 23.6. The fourth-order valence-electron chi connectivity index (χ4n) is 3.99. The summed E-state index contributed by atoms with van der Waals surface area (Å²) < 4.78 is 17.4. The molecule has 0 radical (unpaired) electrons. The molecule has 1 aliphatic heterocycles. The van der Waals surface area contributed by atoms with Crippen molar-refractivity contribution >= 4 is 26.2 Å². The van der Waals surface area contributed by atoms with Crippen molar-refractivity contribution in [2.45, 2.75) is 76.9 Å². The largest absolute Gasteiger partial charge is 0.462 e. The Morgan fingerprint density at radius 3 is 2.22 bits per heavy atom. The zero-order valence-electron chi connectivity index (χ0n) is 22.6. The van der Waals surface area contributed by atoms with Crippen LogP contribution in [0.3, 0.4) is 0 Å². The number of likely N-dealkylation sites (tertiary alicyclic amines) is 1. The Morgan fingerprint density at radius 1 is 0.973 bits per heavy atom. The van der Waals surface area contributed by atoms with Gasteiger partial charge in [0.15, 0.2) is 14.1 Å². The van der Waals surface area contributed by atoms with Crippen molar-refractivity contribution in [1.82, 2.24) is 4.90 Å². The number of rotatable bonds is 9. The van der Waals surface area contributed by atoms with Gasteiger partial charge in [-0.1, -0.05) is 69.3 Å². The first-order valence-corrected chi connectivity index (χ1v) is 15.8. The van der Waals surface area contributed by atoms with Crippen LogP contribution in [0.15, 0.2) is 60.7 Å². The van der Waals surface area contributed by atoms with Crippen molar-refractivity contribution in [3.05, 3.63) is 71.8 Å². The van der Waals surface area contributed by atoms with Crippen molar-refractivity contribution in [1.29, 1.82) is 0 Å². The summed E-state index contributed by atoms with van der Waals surface area (Å²) in [6.45, 7) is 11.3. The van der Waals surface area contributed by atoms with Crippen molar-refractivity contribution in [2.75, 3.05) is 13.2 Å². The van der Waals surface area contributed by atoms with Gasteiger partial charge in [0.2, 0.25) is 0 Å². The van der Waals surface area contributed by atoms with E-state index in [-0.39, 0.29) is 24.0 Å². The molecule has 0 saturated carbocycles. The quantitative estimate of drug-likeness (QED) is 0.227. The maximum atomic E-state index is 13.6. The maximum absolute atomic E-state index is 13.6. The Bertz CT molecular complexity index is 1050. The smallest absolute Gasteiger partial charge is 0.410 e. The van der Waals surface area contributed by atoms with Crippen LogP contribution >= 0.6 is 0 Å². The van der Waals surface area contributed by atoms with Crippen molar-refractivity contribution in [3.63, 3.8) is 0 Å². The Hall–Kier alpha value is -2.97. The molecule has 0 unspecified atom stereocenters. The van der Waals surface area contributed by atoms with E-state index in [0.29, 0.717) is 31.4 Å². The molecule has 1 amide bonds. The van der Waals surface area contributed by atoms with Crippen LogP contribution in [-0.2, 0) is 25.3 Å². The molecule has 2 aromatic rings. The fourth-order valence-corrected chi connectivity index (χ4v) is 5.29. The van der Waals surface area contributed by atoms with Gasteiger partial charge in [0.25, 0.3) is 0 Å². The SMILES string of the molecule is CC(C)(C)[Si](C)(C)O[C@@H]1CCN(C(=O)OCc2ccccc2)[C@@H](CCCOC(=O)c2ccccc2)C1=O. The number of nitrogens with zero attached hydrogens (tertiary/aromatic N) is 1. The van der Waals surface area contributed by atoms with Crippen LogP contribution in [0, 0.1) is 0 Å². The lowest BCUT2D eigenvalue weighted by molar-refractivity contribution is -0.135. The number of benzene rings is 2. The van der Waals surface area contributed by atoms with Crippen LogP contribution in [0.4, 0.5) is 4.79 Å². The van der Waals surface area contributed by atoms with Gasteiger partial charge in [-0.15, -0.1) is 0 Å². The second-order valence-corrected chi connectivity index (χ2v) is 15.7. The lowest BCUT2D eigenvalue weighted by Crippen LogP contribution is -2.57. The molecule has 0 bridgehead atoms. The molecular formula is C29H39NO6Si. The van der Waals surface area contributed by atoms with E-state index in [1.165, 1.54) is 4.90 Å². The number of hydrogen-bond donors (Lipinski definition) is 0. The molecule has 0 aliphatic carbocycles. The lowest BCUT2D eigenvalue weighted by Gasteiger charge is -2.43. The van der Waals surface area contributed by atoms with E-state index in [4.69, 9.17) is 13.9 Å². The normalized spacial score (nSPS) is 18.4. The first-order chi connectivity index (χ1) is 17.5. The number of Topliss-reactive ketones (excluding diaryl/α,β-unsaturated/α-hetero) is 1. The minimum absolute atomic E-state index is 0.0415. The molecule has 0 N–H and O–H groups in total. The first-order valence-electron chi connectivity index (χ1n) is 12.9. The summed E-state index contributed by atoms with van der Waals surface area (Å²) in [5.41, 5.74) is 1.35. The third kappa shape index (κ3) is 7.76. The number of carbonyl (C=O) groups is 3. The number of piperidine rings is 1. The summed E-state index contributed by atoms with van der Waals surface area (Å²) in [6, 6.07) is 17.5. The van der Waals surface area contributed by atoms with Gasteiger partial charge < -0.3 is 13.9 Å². The van der Waals surface area contributed by atoms with E-state index in [2.05, 4.69) is 33.9 Å². The number of amides is 1. The molecule has 1 aliphatic rings. The Kier molecular flexibility index (Phi) is 9.67. The summed E-state index contributed by atoms with van der Waals surface area (Å²) in [4.78, 5) is 40.4. The molecule has 0 aromatic heterocycles. The highest BCUT2D eigenvalue weighted by molar-refractivity contribution is 6.74. The van der Waals surface area contributed by atoms with E-state index in [9.17, 15) is 14.4 Å². The van der Waals surface area contributed by atoms with Gasteiger partial charge in [0.1, 0.15) is 12.7 Å². The van der Waals surface area contributed by atoms with Crippen LogP contribution in [0.1, 0.15) is 56.0 Å². The van der Waals surface area contributed by atoms with E-state index >= 15 is 0 Å². The van der Waals surface area contributed by atoms with Gasteiger partial charge in [-0.2, -0.15) is 0 Å². The summed E-state index contributed by atoms with van der Waals surface area (Å²) >= 11 is 0. The number of hydrogen-bond acceptors (Lipinski definition) is 6. The lowest BCUT2D eigenvalue weighted by atomic mass is 9.95. The van der Waals surface area contributed by atoms with Gasteiger partial charge in [-0.3, -0.25) is 9.69 Å². The number of esters is 1. The molecule has 2 aromatic carbocycles. The Morgan fingerprint density at radius 2 is 1.59 bits per heavy atom. The number of carbonyl (C=O) groups excluding carboxylic acids is 3. The molecule has 8 heteroatoms. The molecule has 1 saturated heterocycles.